The van der Waals surface area contributed by atoms with Gasteiger partial charge in [0.1, 0.15) is 11.3 Å². The van der Waals surface area contributed by atoms with Crippen molar-refractivity contribution in [2.24, 2.45) is 0 Å². The number of ether oxygens (including phenoxy) is 1. The third kappa shape index (κ3) is 2.15. The van der Waals surface area contributed by atoms with Crippen LogP contribution in [0, 0.1) is 6.92 Å². The van der Waals surface area contributed by atoms with E-state index in [9.17, 15) is 0 Å². The van der Waals surface area contributed by atoms with Crippen LogP contribution in [-0.4, -0.2) is 17.1 Å². The highest BCUT2D eigenvalue weighted by atomic mass is 16.5. The van der Waals surface area contributed by atoms with Gasteiger partial charge >= 0.3 is 0 Å². The fourth-order valence-electron chi connectivity index (χ4n) is 2.05. The summed E-state index contributed by atoms with van der Waals surface area (Å²) in [4.78, 5) is 9.07. The normalized spacial score (nSPS) is 10.6. The van der Waals surface area contributed by atoms with Crippen molar-refractivity contribution in [3.05, 3.63) is 54.2 Å². The summed E-state index contributed by atoms with van der Waals surface area (Å²) < 4.78 is 5.35. The molecule has 2 heterocycles. The Labute approximate surface area is 111 Å². The highest BCUT2D eigenvalue weighted by molar-refractivity contribution is 5.86. The first kappa shape index (κ1) is 11.7. The zero-order valence-corrected chi connectivity index (χ0v) is 10.9. The third-order valence-corrected chi connectivity index (χ3v) is 3.08. The Morgan fingerprint density at radius 2 is 1.79 bits per heavy atom. The number of methoxy groups -OCH3 is 1. The van der Waals surface area contributed by atoms with Crippen molar-refractivity contribution in [3.8, 4) is 17.1 Å². The minimum atomic E-state index is 0.784. The maximum Gasteiger partial charge on any atom is 0.145 e. The van der Waals surface area contributed by atoms with E-state index in [0.717, 1.165) is 33.6 Å². The van der Waals surface area contributed by atoms with Crippen LogP contribution in [0.15, 0.2) is 48.7 Å². The molecule has 0 N–H and O–H groups in total. The number of hydrogen-bond donors (Lipinski definition) is 0. The Morgan fingerprint density at radius 1 is 0.947 bits per heavy atom. The molecule has 0 aliphatic carbocycles. The van der Waals surface area contributed by atoms with Gasteiger partial charge in [-0.3, -0.25) is 4.98 Å². The molecule has 0 spiro atoms. The van der Waals surface area contributed by atoms with Crippen molar-refractivity contribution in [1.82, 2.24) is 9.97 Å². The van der Waals surface area contributed by atoms with Crippen LogP contribution in [0.3, 0.4) is 0 Å². The molecule has 3 aromatic rings. The van der Waals surface area contributed by atoms with Crippen LogP contribution in [0.2, 0.25) is 0 Å². The predicted molar refractivity (Wildman–Crippen MR) is 76.3 cm³/mol. The van der Waals surface area contributed by atoms with Crippen LogP contribution in [0.5, 0.6) is 5.75 Å². The minimum absolute atomic E-state index is 0.784. The Balaban J connectivity index is 2.18. The smallest absolute Gasteiger partial charge is 0.145 e. The van der Waals surface area contributed by atoms with Gasteiger partial charge in [0.05, 0.1) is 18.5 Å². The van der Waals surface area contributed by atoms with Gasteiger partial charge in [0.25, 0.3) is 0 Å². The van der Waals surface area contributed by atoms with E-state index in [1.807, 2.05) is 55.6 Å². The monoisotopic (exact) mass is 250 g/mol. The Hall–Kier alpha value is -2.42. The van der Waals surface area contributed by atoms with Crippen LogP contribution in [-0.2, 0) is 0 Å². The second-order valence-corrected chi connectivity index (χ2v) is 4.45. The van der Waals surface area contributed by atoms with Crippen molar-refractivity contribution in [2.75, 3.05) is 7.11 Å². The maximum atomic E-state index is 5.35. The lowest BCUT2D eigenvalue weighted by Gasteiger charge is -2.06. The van der Waals surface area contributed by atoms with Gasteiger partial charge in [0.15, 0.2) is 0 Å². The van der Waals surface area contributed by atoms with Gasteiger partial charge in [0.2, 0.25) is 0 Å². The first-order valence-electron chi connectivity index (χ1n) is 6.15. The van der Waals surface area contributed by atoms with E-state index < -0.39 is 0 Å². The predicted octanol–water partition coefficient (Wildman–Crippen LogP) is 3.61. The molecule has 0 saturated carbocycles. The second kappa shape index (κ2) is 4.69. The SMILES string of the molecule is COc1cccc2ccc(-c3ccc(C)cn3)nc12. The second-order valence-electron chi connectivity index (χ2n) is 4.45. The average molecular weight is 250 g/mol. The molecule has 0 aliphatic rings. The summed E-state index contributed by atoms with van der Waals surface area (Å²) in [5.41, 5.74) is 3.74. The molecule has 0 atom stereocenters. The average Bonchev–Trinajstić information content (AvgIpc) is 2.47. The van der Waals surface area contributed by atoms with Crippen molar-refractivity contribution >= 4 is 10.9 Å². The molecule has 0 amide bonds. The Kier molecular flexibility index (Phi) is 2.88. The quantitative estimate of drug-likeness (QED) is 0.696. The van der Waals surface area contributed by atoms with Gasteiger partial charge < -0.3 is 4.74 Å². The Bertz CT molecular complexity index is 720. The molecule has 3 nitrogen and oxygen atoms in total. The Morgan fingerprint density at radius 3 is 2.53 bits per heavy atom. The standard InChI is InChI=1S/C16H14N2O/c1-11-6-8-13(17-10-11)14-9-7-12-4-3-5-15(19-2)16(12)18-14/h3-10H,1-2H3. The number of rotatable bonds is 2. The van der Waals surface area contributed by atoms with E-state index >= 15 is 0 Å². The fraction of sp³-hybridized carbons (Fsp3) is 0.125. The number of pyridine rings is 2. The highest BCUT2D eigenvalue weighted by Gasteiger charge is 2.06. The molecule has 3 rings (SSSR count). The molecule has 0 fully saturated rings. The maximum absolute atomic E-state index is 5.35. The molecule has 0 aliphatic heterocycles. The fourth-order valence-corrected chi connectivity index (χ4v) is 2.05. The molecule has 19 heavy (non-hydrogen) atoms. The van der Waals surface area contributed by atoms with Crippen molar-refractivity contribution in [1.29, 1.82) is 0 Å². The molecular weight excluding hydrogens is 236 g/mol. The van der Waals surface area contributed by atoms with Gasteiger partial charge in [-0.2, -0.15) is 0 Å². The largest absolute Gasteiger partial charge is 0.494 e. The first-order valence-corrected chi connectivity index (χ1v) is 6.15. The number of fused-ring (bicyclic) bond motifs is 1. The van der Waals surface area contributed by atoms with Crippen LogP contribution in [0.4, 0.5) is 0 Å². The van der Waals surface area contributed by atoms with E-state index in [1.165, 1.54) is 0 Å². The van der Waals surface area contributed by atoms with Crippen LogP contribution in [0.25, 0.3) is 22.3 Å². The topological polar surface area (TPSA) is 35.0 Å². The van der Waals surface area contributed by atoms with Gasteiger partial charge in [-0.05, 0) is 30.7 Å². The molecule has 1 aromatic carbocycles. The lowest BCUT2D eigenvalue weighted by atomic mass is 10.1. The summed E-state index contributed by atoms with van der Waals surface area (Å²) in [5.74, 6) is 0.784. The van der Waals surface area contributed by atoms with Crippen LogP contribution >= 0.6 is 0 Å². The number of benzene rings is 1. The van der Waals surface area contributed by atoms with E-state index in [0.29, 0.717) is 0 Å². The van der Waals surface area contributed by atoms with Crippen LogP contribution in [0.1, 0.15) is 5.56 Å². The molecule has 0 bridgehead atoms. The molecule has 94 valence electrons. The summed E-state index contributed by atoms with van der Waals surface area (Å²) in [7, 11) is 1.66. The van der Waals surface area contributed by atoms with Gasteiger partial charge in [-0.1, -0.05) is 24.3 Å². The van der Waals surface area contributed by atoms with Gasteiger partial charge in [-0.15, -0.1) is 0 Å². The number of aromatic nitrogens is 2. The summed E-state index contributed by atoms with van der Waals surface area (Å²) in [6.45, 7) is 2.02. The molecular formula is C16H14N2O. The van der Waals surface area contributed by atoms with E-state index in [4.69, 9.17) is 4.74 Å². The molecule has 0 radical (unpaired) electrons. The van der Waals surface area contributed by atoms with Gasteiger partial charge in [0, 0.05) is 11.6 Å². The summed E-state index contributed by atoms with van der Waals surface area (Å²) in [6.07, 6.45) is 1.85. The van der Waals surface area contributed by atoms with Crippen molar-refractivity contribution in [3.63, 3.8) is 0 Å². The first-order chi connectivity index (χ1) is 9.28. The molecule has 2 aromatic heterocycles. The molecule has 0 unspecified atom stereocenters. The van der Waals surface area contributed by atoms with Gasteiger partial charge in [-0.25, -0.2) is 4.98 Å². The summed E-state index contributed by atoms with van der Waals surface area (Å²) in [5, 5.41) is 1.07. The lowest BCUT2D eigenvalue weighted by molar-refractivity contribution is 0.419. The number of hydrogen-bond acceptors (Lipinski definition) is 3. The van der Waals surface area contributed by atoms with Crippen molar-refractivity contribution in [2.45, 2.75) is 6.92 Å². The van der Waals surface area contributed by atoms with E-state index in [-0.39, 0.29) is 0 Å². The number of para-hydroxylation sites is 1. The summed E-state index contributed by atoms with van der Waals surface area (Å²) >= 11 is 0. The lowest BCUT2D eigenvalue weighted by Crippen LogP contribution is -1.91. The van der Waals surface area contributed by atoms with E-state index in [2.05, 4.69) is 9.97 Å². The number of aryl methyl sites for hydroxylation is 1. The highest BCUT2D eigenvalue weighted by Crippen LogP contribution is 2.26. The zero-order valence-electron chi connectivity index (χ0n) is 10.9. The van der Waals surface area contributed by atoms with Crippen molar-refractivity contribution < 1.29 is 4.74 Å². The molecule has 0 saturated heterocycles. The number of nitrogens with zero attached hydrogens (tertiary/aromatic N) is 2. The van der Waals surface area contributed by atoms with Crippen LogP contribution < -0.4 is 4.74 Å². The third-order valence-electron chi connectivity index (χ3n) is 3.08. The zero-order chi connectivity index (χ0) is 13.2. The van der Waals surface area contributed by atoms with E-state index in [1.54, 1.807) is 7.11 Å². The minimum Gasteiger partial charge on any atom is -0.494 e. The molecule has 3 heteroatoms. The summed E-state index contributed by atoms with van der Waals surface area (Å²) in [6, 6.07) is 14.0.